The summed E-state index contributed by atoms with van der Waals surface area (Å²) in [6, 6.07) is 4.17. The van der Waals surface area contributed by atoms with E-state index in [4.69, 9.17) is 0 Å². The normalized spacial score (nSPS) is 15.7. The molecule has 4 heterocycles. The fourth-order valence-electron chi connectivity index (χ4n) is 3.61. The highest BCUT2D eigenvalue weighted by molar-refractivity contribution is 5.79. The molecule has 0 atom stereocenters. The number of piperidine rings is 1. The summed E-state index contributed by atoms with van der Waals surface area (Å²) in [6.45, 7) is 7.84. The second kappa shape index (κ2) is 7.11. The zero-order valence-corrected chi connectivity index (χ0v) is 15.9. The second-order valence-electron chi connectivity index (χ2n) is 7.27. The van der Waals surface area contributed by atoms with E-state index in [0.29, 0.717) is 17.8 Å². The monoisotopic (exact) mass is 367 g/mol. The van der Waals surface area contributed by atoms with E-state index in [1.807, 2.05) is 19.1 Å². The minimum Gasteiger partial charge on any atom is -0.393 e. The van der Waals surface area contributed by atoms with E-state index in [0.717, 1.165) is 48.6 Å². The largest absolute Gasteiger partial charge is 0.393 e. The number of aliphatic hydroxyl groups is 1. The summed E-state index contributed by atoms with van der Waals surface area (Å²) in [5.74, 6) is 3.08. The van der Waals surface area contributed by atoms with Crippen molar-refractivity contribution in [3.05, 3.63) is 30.4 Å². The minimum atomic E-state index is -0.215. The molecule has 0 aliphatic carbocycles. The molecule has 1 aliphatic heterocycles. The second-order valence-corrected chi connectivity index (χ2v) is 7.27. The molecule has 1 fully saturated rings. The van der Waals surface area contributed by atoms with Crippen LogP contribution in [0, 0.1) is 6.92 Å². The number of aliphatic hydroxyl groups excluding tert-OH is 1. The number of nitrogens with zero attached hydrogens (tertiary/aromatic N) is 6. The highest BCUT2D eigenvalue weighted by Gasteiger charge is 2.19. The standard InChI is InChI=1S/C19H25N7O/c1-12(2)26-13(3)22-15-11-21-18(10-16(15)26)23-17-4-7-20-19(24-17)25-8-5-14(27)6-9-25/h4,7,10-12,14,27H,5-6,8-9H2,1-3H3,(H,20,21,23,24). The van der Waals surface area contributed by atoms with Gasteiger partial charge in [0.15, 0.2) is 0 Å². The lowest BCUT2D eigenvalue weighted by atomic mass is 10.1. The fourth-order valence-corrected chi connectivity index (χ4v) is 3.61. The van der Waals surface area contributed by atoms with E-state index in [2.05, 4.69) is 48.6 Å². The third-order valence-corrected chi connectivity index (χ3v) is 4.91. The number of aryl methyl sites for hydroxylation is 1. The maximum Gasteiger partial charge on any atom is 0.227 e. The van der Waals surface area contributed by atoms with E-state index in [9.17, 15) is 5.11 Å². The van der Waals surface area contributed by atoms with Crippen molar-refractivity contribution in [3.8, 4) is 0 Å². The first-order valence-corrected chi connectivity index (χ1v) is 9.39. The molecule has 8 nitrogen and oxygen atoms in total. The van der Waals surface area contributed by atoms with Gasteiger partial charge in [-0.1, -0.05) is 0 Å². The molecule has 0 amide bonds. The molecule has 27 heavy (non-hydrogen) atoms. The highest BCUT2D eigenvalue weighted by Crippen LogP contribution is 2.24. The van der Waals surface area contributed by atoms with E-state index in [1.54, 1.807) is 12.4 Å². The van der Waals surface area contributed by atoms with Gasteiger partial charge in [-0.15, -0.1) is 0 Å². The van der Waals surface area contributed by atoms with Gasteiger partial charge in [-0.3, -0.25) is 0 Å². The smallest absolute Gasteiger partial charge is 0.227 e. The molecule has 0 saturated carbocycles. The number of anilines is 3. The number of imidazole rings is 1. The average Bonchev–Trinajstić information content (AvgIpc) is 2.98. The number of pyridine rings is 1. The predicted octanol–water partition coefficient (Wildman–Crippen LogP) is 2.82. The molecule has 0 unspecified atom stereocenters. The molecular formula is C19H25N7O. The molecule has 0 radical (unpaired) electrons. The van der Waals surface area contributed by atoms with Crippen LogP contribution >= 0.6 is 0 Å². The molecule has 0 spiro atoms. The van der Waals surface area contributed by atoms with Crippen LogP contribution in [-0.2, 0) is 0 Å². The van der Waals surface area contributed by atoms with Crippen molar-refractivity contribution in [2.45, 2.75) is 45.8 Å². The summed E-state index contributed by atoms with van der Waals surface area (Å²) in [7, 11) is 0. The molecule has 0 bridgehead atoms. The lowest BCUT2D eigenvalue weighted by Gasteiger charge is -2.29. The van der Waals surface area contributed by atoms with Crippen LogP contribution in [0.4, 0.5) is 17.6 Å². The number of nitrogens with one attached hydrogen (secondary N) is 1. The van der Waals surface area contributed by atoms with Gasteiger partial charge in [0.25, 0.3) is 0 Å². The van der Waals surface area contributed by atoms with Crippen LogP contribution < -0.4 is 10.2 Å². The Hall–Kier alpha value is -2.74. The van der Waals surface area contributed by atoms with Crippen molar-refractivity contribution in [2.75, 3.05) is 23.3 Å². The van der Waals surface area contributed by atoms with Crippen molar-refractivity contribution in [1.82, 2.24) is 24.5 Å². The van der Waals surface area contributed by atoms with Gasteiger partial charge in [0, 0.05) is 31.4 Å². The van der Waals surface area contributed by atoms with Gasteiger partial charge in [0.1, 0.15) is 23.0 Å². The molecule has 1 saturated heterocycles. The van der Waals surface area contributed by atoms with Gasteiger partial charge in [0.05, 0.1) is 17.8 Å². The van der Waals surface area contributed by atoms with Crippen LogP contribution in [0.1, 0.15) is 38.6 Å². The lowest BCUT2D eigenvalue weighted by molar-refractivity contribution is 0.145. The molecule has 4 rings (SSSR count). The molecule has 0 aromatic carbocycles. The van der Waals surface area contributed by atoms with Gasteiger partial charge >= 0.3 is 0 Å². The van der Waals surface area contributed by atoms with Crippen LogP contribution in [0.3, 0.4) is 0 Å². The number of hydrogen-bond donors (Lipinski definition) is 2. The van der Waals surface area contributed by atoms with Gasteiger partial charge in [-0.05, 0) is 39.7 Å². The molecule has 8 heteroatoms. The van der Waals surface area contributed by atoms with Crippen molar-refractivity contribution in [3.63, 3.8) is 0 Å². The van der Waals surface area contributed by atoms with E-state index < -0.39 is 0 Å². The Morgan fingerprint density at radius 2 is 1.93 bits per heavy atom. The van der Waals surface area contributed by atoms with Crippen LogP contribution in [0.5, 0.6) is 0 Å². The summed E-state index contributed by atoms with van der Waals surface area (Å²) >= 11 is 0. The zero-order valence-electron chi connectivity index (χ0n) is 15.9. The van der Waals surface area contributed by atoms with Crippen LogP contribution in [0.15, 0.2) is 24.5 Å². The van der Waals surface area contributed by atoms with Gasteiger partial charge in [-0.2, -0.15) is 4.98 Å². The summed E-state index contributed by atoms with van der Waals surface area (Å²) in [5.41, 5.74) is 1.95. The van der Waals surface area contributed by atoms with E-state index in [1.165, 1.54) is 0 Å². The minimum absolute atomic E-state index is 0.215. The molecule has 2 N–H and O–H groups in total. The number of fused-ring (bicyclic) bond motifs is 1. The van der Waals surface area contributed by atoms with Crippen LogP contribution in [0.25, 0.3) is 11.0 Å². The van der Waals surface area contributed by atoms with Crippen LogP contribution in [-0.4, -0.2) is 48.8 Å². The predicted molar refractivity (Wildman–Crippen MR) is 105 cm³/mol. The first-order chi connectivity index (χ1) is 13.0. The summed E-state index contributed by atoms with van der Waals surface area (Å²) in [5, 5.41) is 13.0. The van der Waals surface area contributed by atoms with Gasteiger partial charge in [0.2, 0.25) is 5.95 Å². The highest BCUT2D eigenvalue weighted by atomic mass is 16.3. The Kier molecular flexibility index (Phi) is 4.65. The van der Waals surface area contributed by atoms with Crippen molar-refractivity contribution < 1.29 is 5.11 Å². The molecule has 3 aromatic heterocycles. The number of hydrogen-bond acceptors (Lipinski definition) is 7. The van der Waals surface area contributed by atoms with Gasteiger partial charge in [-0.25, -0.2) is 15.0 Å². The maximum atomic E-state index is 9.68. The fraction of sp³-hybridized carbons (Fsp3) is 0.474. The summed E-state index contributed by atoms with van der Waals surface area (Å²) in [4.78, 5) is 20.2. The summed E-state index contributed by atoms with van der Waals surface area (Å²) < 4.78 is 2.20. The molecule has 1 aliphatic rings. The number of rotatable bonds is 4. The average molecular weight is 367 g/mol. The van der Waals surface area contributed by atoms with Crippen LogP contribution in [0.2, 0.25) is 0 Å². The Labute approximate surface area is 158 Å². The third kappa shape index (κ3) is 3.57. The van der Waals surface area contributed by atoms with Crippen molar-refractivity contribution in [1.29, 1.82) is 0 Å². The zero-order chi connectivity index (χ0) is 19.0. The number of aromatic nitrogens is 5. The quantitative estimate of drug-likeness (QED) is 0.732. The molecular weight excluding hydrogens is 342 g/mol. The van der Waals surface area contributed by atoms with Crippen molar-refractivity contribution >= 4 is 28.6 Å². The SMILES string of the molecule is Cc1nc2cnc(Nc3ccnc(N4CCC(O)CC4)n3)cc2n1C(C)C. The van der Waals surface area contributed by atoms with Gasteiger partial charge < -0.3 is 19.9 Å². The Morgan fingerprint density at radius 3 is 2.67 bits per heavy atom. The lowest BCUT2D eigenvalue weighted by Crippen LogP contribution is -2.36. The Balaban J connectivity index is 1.59. The summed E-state index contributed by atoms with van der Waals surface area (Å²) in [6.07, 6.45) is 4.82. The first kappa shape index (κ1) is 17.7. The molecule has 142 valence electrons. The third-order valence-electron chi connectivity index (χ3n) is 4.91. The molecule has 3 aromatic rings. The Bertz CT molecular complexity index is 944. The maximum absolute atomic E-state index is 9.68. The topological polar surface area (TPSA) is 92.0 Å². The van der Waals surface area contributed by atoms with E-state index >= 15 is 0 Å². The first-order valence-electron chi connectivity index (χ1n) is 9.39. The Morgan fingerprint density at radius 1 is 1.15 bits per heavy atom. The van der Waals surface area contributed by atoms with Crippen molar-refractivity contribution in [2.24, 2.45) is 0 Å². The van der Waals surface area contributed by atoms with E-state index in [-0.39, 0.29) is 6.10 Å².